The highest BCUT2D eigenvalue weighted by molar-refractivity contribution is 6.00. The summed E-state index contributed by atoms with van der Waals surface area (Å²) in [7, 11) is 4.20. The Bertz CT molecular complexity index is 2710. The van der Waals surface area contributed by atoms with E-state index >= 15 is 0 Å². The number of alkyl carbamates (subject to hydrolysis) is 2. The van der Waals surface area contributed by atoms with Crippen LogP contribution in [0.25, 0.3) is 33.7 Å². The molecular formula is C51H60N8O9. The molecular weight excluding hydrogens is 869 g/mol. The Hall–Kier alpha value is -7.30. The standard InChI is InChI=1S/C51H60N8O9/c1-9-19-58(48(60)44(28(2)3)56-50(62)65-7)26-42-52-24-37(54-42)31-15-17-34-36-27-67-40-22-30(16-18-35(40)43(36)46(68-41(34)23-31)32-12-10-13-33(21-32)64-6)38-25-53-47(55-38)39-14-11-20-59(39)49(61)45(29(4)5)57-51(63)66-8/h10,12-13,15-18,21-25,28-29,39,44-46H,9,11,14,19-20,26-27H2,1-8H3,(H,52,54)(H,53,55)(H,56,62)(H,57,63). The summed E-state index contributed by atoms with van der Waals surface area (Å²) in [6.45, 7) is 11.1. The minimum atomic E-state index is -0.753. The molecule has 358 valence electrons. The number of imidazole rings is 2. The van der Waals surface area contributed by atoms with Crippen molar-refractivity contribution >= 4 is 35.1 Å². The first-order valence-electron chi connectivity index (χ1n) is 23.1. The molecule has 2 aromatic heterocycles. The topological polar surface area (TPSA) is 202 Å². The lowest BCUT2D eigenvalue weighted by Gasteiger charge is -2.35. The van der Waals surface area contributed by atoms with Crippen molar-refractivity contribution in [3.05, 3.63) is 101 Å². The first kappa shape index (κ1) is 47.2. The van der Waals surface area contributed by atoms with Crippen molar-refractivity contribution < 1.29 is 42.9 Å². The van der Waals surface area contributed by atoms with Crippen LogP contribution in [0.5, 0.6) is 17.2 Å². The van der Waals surface area contributed by atoms with Crippen LogP contribution < -0.4 is 24.8 Å². The number of aromatic nitrogens is 4. The molecule has 17 heteroatoms. The lowest BCUT2D eigenvalue weighted by Crippen LogP contribution is -2.51. The fraction of sp³-hybridized carbons (Fsp3) is 0.412. The molecule has 4 N–H and O–H groups in total. The summed E-state index contributed by atoms with van der Waals surface area (Å²) in [5, 5.41) is 5.40. The average molecular weight is 929 g/mol. The van der Waals surface area contributed by atoms with Gasteiger partial charge in [-0.05, 0) is 55.4 Å². The van der Waals surface area contributed by atoms with Gasteiger partial charge < -0.3 is 54.1 Å². The van der Waals surface area contributed by atoms with Crippen LogP contribution in [-0.2, 0) is 25.6 Å². The number of nitrogens with zero attached hydrogens (tertiary/aromatic N) is 4. The van der Waals surface area contributed by atoms with Crippen LogP contribution in [-0.4, -0.2) is 107 Å². The molecule has 0 saturated carbocycles. The maximum Gasteiger partial charge on any atom is 0.407 e. The molecule has 3 aliphatic rings. The zero-order valence-corrected chi connectivity index (χ0v) is 39.8. The number of nitrogens with one attached hydrogen (secondary N) is 4. The molecule has 4 unspecified atom stereocenters. The zero-order chi connectivity index (χ0) is 48.2. The molecule has 0 aliphatic carbocycles. The number of aromatic amines is 2. The van der Waals surface area contributed by atoms with Gasteiger partial charge >= 0.3 is 12.2 Å². The van der Waals surface area contributed by atoms with E-state index in [1.165, 1.54) is 14.2 Å². The molecule has 68 heavy (non-hydrogen) atoms. The normalized spacial score (nSPS) is 17.0. The summed E-state index contributed by atoms with van der Waals surface area (Å²) in [4.78, 5) is 71.5. The second-order valence-electron chi connectivity index (χ2n) is 18.0. The lowest BCUT2D eigenvalue weighted by molar-refractivity contribution is -0.136. The molecule has 0 spiro atoms. The smallest absolute Gasteiger partial charge is 0.407 e. The van der Waals surface area contributed by atoms with Crippen molar-refractivity contribution in [2.75, 3.05) is 41.0 Å². The third-order valence-corrected chi connectivity index (χ3v) is 12.8. The van der Waals surface area contributed by atoms with Crippen molar-refractivity contribution in [2.24, 2.45) is 11.8 Å². The molecule has 8 rings (SSSR count). The molecule has 3 aliphatic heterocycles. The molecule has 5 heterocycles. The molecule has 3 aromatic carbocycles. The molecule has 17 nitrogen and oxygen atoms in total. The molecule has 4 amide bonds. The second-order valence-corrected chi connectivity index (χ2v) is 18.0. The van der Waals surface area contributed by atoms with Crippen LogP contribution in [0.1, 0.15) is 94.4 Å². The SMILES string of the molecule is CCCN(Cc1ncc(-c2ccc3c(c2)OC(c2cccc(OC)c2)C2=C3COc3cc(-c4cnc(C5CCCN5C(=O)C(NC(=O)OC)C(C)C)[nH]4)ccc32)[nH]1)C(=O)C(NC(=O)OC)C(C)C. The second kappa shape index (κ2) is 20.3. The van der Waals surface area contributed by atoms with E-state index < -0.39 is 30.4 Å². The Kier molecular flexibility index (Phi) is 14.1. The van der Waals surface area contributed by atoms with E-state index in [9.17, 15) is 19.2 Å². The van der Waals surface area contributed by atoms with E-state index in [0.29, 0.717) is 48.6 Å². The van der Waals surface area contributed by atoms with Gasteiger partial charge in [0.2, 0.25) is 11.8 Å². The van der Waals surface area contributed by atoms with Crippen molar-refractivity contribution in [1.29, 1.82) is 0 Å². The number of hydrogen-bond acceptors (Lipinski definition) is 11. The van der Waals surface area contributed by atoms with Gasteiger partial charge in [0.05, 0.1) is 57.7 Å². The van der Waals surface area contributed by atoms with Crippen LogP contribution in [0.3, 0.4) is 0 Å². The van der Waals surface area contributed by atoms with Gasteiger partial charge in [0.15, 0.2) is 6.10 Å². The summed E-state index contributed by atoms with van der Waals surface area (Å²) < 4.78 is 28.9. The Morgan fingerprint density at radius 2 is 1.51 bits per heavy atom. The van der Waals surface area contributed by atoms with E-state index in [1.54, 1.807) is 29.3 Å². The number of ether oxygens (including phenoxy) is 5. The number of carbonyl (C=O) groups excluding carboxylic acids is 4. The summed E-state index contributed by atoms with van der Waals surface area (Å²) in [6, 6.07) is 18.3. The Morgan fingerprint density at radius 1 is 0.838 bits per heavy atom. The predicted octanol–water partition coefficient (Wildman–Crippen LogP) is 8.08. The van der Waals surface area contributed by atoms with E-state index in [2.05, 4.69) is 31.7 Å². The summed E-state index contributed by atoms with van der Waals surface area (Å²) >= 11 is 0. The minimum absolute atomic E-state index is 0.141. The van der Waals surface area contributed by atoms with E-state index in [1.807, 2.05) is 89.2 Å². The number of fused-ring (bicyclic) bond motifs is 4. The van der Waals surface area contributed by atoms with Gasteiger partial charge in [-0.15, -0.1) is 0 Å². The highest BCUT2D eigenvalue weighted by atomic mass is 16.5. The largest absolute Gasteiger partial charge is 0.497 e. The highest BCUT2D eigenvalue weighted by Gasteiger charge is 2.39. The Balaban J connectivity index is 1.07. The quantitative estimate of drug-likeness (QED) is 0.0791. The summed E-state index contributed by atoms with van der Waals surface area (Å²) in [6.07, 6.45) is 3.99. The fourth-order valence-corrected chi connectivity index (χ4v) is 9.26. The molecule has 1 fully saturated rings. The predicted molar refractivity (Wildman–Crippen MR) is 254 cm³/mol. The number of rotatable bonds is 15. The molecule has 0 radical (unpaired) electrons. The van der Waals surface area contributed by atoms with Gasteiger partial charge in [0, 0.05) is 52.1 Å². The average Bonchev–Trinajstić information content (AvgIpc) is 4.15. The molecule has 4 atom stereocenters. The van der Waals surface area contributed by atoms with Crippen molar-refractivity contribution in [2.45, 2.75) is 84.7 Å². The van der Waals surface area contributed by atoms with E-state index in [-0.39, 0.29) is 36.2 Å². The van der Waals surface area contributed by atoms with Gasteiger partial charge in [0.25, 0.3) is 0 Å². The monoisotopic (exact) mass is 928 g/mol. The maximum absolute atomic E-state index is 13.8. The molecule has 5 aromatic rings. The van der Waals surface area contributed by atoms with Crippen LogP contribution in [0.2, 0.25) is 0 Å². The van der Waals surface area contributed by atoms with Gasteiger partial charge in [-0.3, -0.25) is 9.59 Å². The van der Waals surface area contributed by atoms with Crippen LogP contribution >= 0.6 is 0 Å². The zero-order valence-electron chi connectivity index (χ0n) is 39.8. The number of hydrogen-bond donors (Lipinski definition) is 4. The first-order valence-corrected chi connectivity index (χ1v) is 23.1. The van der Waals surface area contributed by atoms with Gasteiger partial charge in [-0.1, -0.05) is 71.0 Å². The van der Waals surface area contributed by atoms with Crippen molar-refractivity contribution in [1.82, 2.24) is 40.4 Å². The fourth-order valence-electron chi connectivity index (χ4n) is 9.26. The summed E-state index contributed by atoms with van der Waals surface area (Å²) in [5.74, 6) is 2.67. The number of likely N-dealkylation sites (tertiary alicyclic amines) is 1. The third-order valence-electron chi connectivity index (χ3n) is 12.8. The number of H-pyrrole nitrogens is 2. The lowest BCUT2D eigenvalue weighted by atomic mass is 9.83. The molecule has 0 bridgehead atoms. The van der Waals surface area contributed by atoms with Crippen LogP contribution in [0.4, 0.5) is 9.59 Å². The van der Waals surface area contributed by atoms with Gasteiger partial charge in [-0.2, -0.15) is 0 Å². The minimum Gasteiger partial charge on any atom is -0.497 e. The number of carbonyl (C=O) groups is 4. The van der Waals surface area contributed by atoms with Crippen molar-refractivity contribution in [3.8, 4) is 39.8 Å². The van der Waals surface area contributed by atoms with Crippen LogP contribution in [0, 0.1) is 11.8 Å². The Morgan fingerprint density at radius 3 is 2.21 bits per heavy atom. The van der Waals surface area contributed by atoms with Crippen LogP contribution in [0.15, 0.2) is 73.1 Å². The number of amides is 4. The van der Waals surface area contributed by atoms with E-state index in [0.717, 1.165) is 69.6 Å². The maximum atomic E-state index is 13.8. The Labute approximate surface area is 395 Å². The first-order chi connectivity index (χ1) is 32.8. The third kappa shape index (κ3) is 9.60. The van der Waals surface area contributed by atoms with E-state index in [4.69, 9.17) is 28.7 Å². The molecule has 1 saturated heterocycles. The number of methoxy groups -OCH3 is 3. The van der Waals surface area contributed by atoms with Gasteiger partial charge in [-0.25, -0.2) is 19.6 Å². The van der Waals surface area contributed by atoms with Crippen molar-refractivity contribution in [3.63, 3.8) is 0 Å². The van der Waals surface area contributed by atoms with Gasteiger partial charge in [0.1, 0.15) is 47.6 Å². The highest BCUT2D eigenvalue weighted by Crippen LogP contribution is 2.52. The summed E-state index contributed by atoms with van der Waals surface area (Å²) in [5.41, 5.74) is 7.95. The number of benzene rings is 3.